The van der Waals surface area contributed by atoms with Crippen molar-refractivity contribution in [2.45, 2.75) is 24.9 Å². The number of rotatable bonds is 4. The van der Waals surface area contributed by atoms with Crippen molar-refractivity contribution in [1.82, 2.24) is 24.8 Å². The zero-order valence-electron chi connectivity index (χ0n) is 15.1. The van der Waals surface area contributed by atoms with Crippen LogP contribution in [0.2, 0.25) is 0 Å². The van der Waals surface area contributed by atoms with E-state index in [2.05, 4.69) is 25.2 Å². The zero-order valence-corrected chi connectivity index (χ0v) is 15.1. The van der Waals surface area contributed by atoms with E-state index in [0.29, 0.717) is 12.1 Å². The number of anilines is 2. The molecule has 0 radical (unpaired) electrons. The minimum atomic E-state index is 0.293. The van der Waals surface area contributed by atoms with E-state index in [1.807, 2.05) is 36.3 Å². The first-order valence-corrected chi connectivity index (χ1v) is 9.23. The summed E-state index contributed by atoms with van der Waals surface area (Å²) in [7, 11) is 1.84. The van der Waals surface area contributed by atoms with E-state index in [4.69, 9.17) is 4.98 Å². The Hall–Kier alpha value is -3.16. The molecular weight excluding hydrogens is 342 g/mol. The van der Waals surface area contributed by atoms with Gasteiger partial charge in [0.2, 0.25) is 6.41 Å². The van der Waals surface area contributed by atoms with Crippen LogP contribution in [0, 0.1) is 0 Å². The molecule has 2 saturated heterocycles. The molecule has 27 heavy (non-hydrogen) atoms. The van der Waals surface area contributed by atoms with Crippen molar-refractivity contribution < 1.29 is 4.79 Å². The maximum atomic E-state index is 11.4. The quantitative estimate of drug-likeness (QED) is 0.688. The number of fused-ring (bicyclic) bond motifs is 3. The molecule has 0 aromatic carbocycles. The van der Waals surface area contributed by atoms with Crippen molar-refractivity contribution >= 4 is 29.1 Å². The van der Waals surface area contributed by atoms with Crippen molar-refractivity contribution in [2.75, 3.05) is 30.4 Å². The monoisotopic (exact) mass is 363 g/mol. The Morgan fingerprint density at radius 1 is 1.19 bits per heavy atom. The summed E-state index contributed by atoms with van der Waals surface area (Å²) in [6.45, 7) is 1.69. The molecule has 0 spiro atoms. The third-order valence-corrected chi connectivity index (χ3v) is 5.65. The van der Waals surface area contributed by atoms with E-state index in [0.717, 1.165) is 66.4 Å². The van der Waals surface area contributed by atoms with Crippen LogP contribution in [-0.2, 0) is 4.79 Å². The number of nitrogens with zero attached hydrogens (tertiary/aromatic N) is 5. The fourth-order valence-corrected chi connectivity index (χ4v) is 4.31. The Morgan fingerprint density at radius 2 is 1.96 bits per heavy atom. The zero-order chi connectivity index (χ0) is 18.4. The maximum absolute atomic E-state index is 11.4. The van der Waals surface area contributed by atoms with Crippen molar-refractivity contribution in [1.29, 1.82) is 0 Å². The van der Waals surface area contributed by atoms with Crippen molar-refractivity contribution in [3.8, 4) is 11.4 Å². The Morgan fingerprint density at radius 3 is 2.70 bits per heavy atom. The minimum absolute atomic E-state index is 0.293. The van der Waals surface area contributed by atoms with E-state index in [9.17, 15) is 4.79 Å². The van der Waals surface area contributed by atoms with E-state index < -0.39 is 0 Å². The average Bonchev–Trinajstić information content (AvgIpc) is 3.25. The lowest BCUT2D eigenvalue weighted by Crippen LogP contribution is -2.53. The fourth-order valence-electron chi connectivity index (χ4n) is 4.31. The molecule has 138 valence electrons. The van der Waals surface area contributed by atoms with Crippen molar-refractivity contribution in [2.24, 2.45) is 0 Å². The van der Waals surface area contributed by atoms with Gasteiger partial charge in [-0.05, 0) is 31.0 Å². The molecule has 3 aromatic rings. The first kappa shape index (κ1) is 16.0. The molecule has 1 amide bonds. The molecule has 2 unspecified atom stereocenters. The Bertz CT molecular complexity index is 987. The minimum Gasteiger partial charge on any atom is -0.373 e. The summed E-state index contributed by atoms with van der Waals surface area (Å²) in [5, 5.41) is 3.05. The summed E-state index contributed by atoms with van der Waals surface area (Å²) in [6, 6.07) is 6.50. The summed E-state index contributed by atoms with van der Waals surface area (Å²) in [5.41, 5.74) is 3.68. The second kappa shape index (κ2) is 6.22. The fraction of sp³-hybridized carbons (Fsp3) is 0.368. The summed E-state index contributed by atoms with van der Waals surface area (Å²) in [4.78, 5) is 32.6. The normalized spacial score (nSPS) is 21.7. The van der Waals surface area contributed by atoms with Gasteiger partial charge in [0.1, 0.15) is 17.2 Å². The highest BCUT2D eigenvalue weighted by Gasteiger charge is 2.39. The Balaban J connectivity index is 1.53. The lowest BCUT2D eigenvalue weighted by atomic mass is 10.2. The largest absolute Gasteiger partial charge is 0.373 e. The third kappa shape index (κ3) is 2.59. The summed E-state index contributed by atoms with van der Waals surface area (Å²) >= 11 is 0. The van der Waals surface area contributed by atoms with Gasteiger partial charge in [0.25, 0.3) is 0 Å². The highest BCUT2D eigenvalue weighted by Crippen LogP contribution is 2.34. The molecule has 0 aliphatic carbocycles. The number of aromatic amines is 1. The van der Waals surface area contributed by atoms with Crippen LogP contribution >= 0.6 is 0 Å². The number of hydrogen-bond donors (Lipinski definition) is 2. The number of hydrogen-bond acceptors (Lipinski definition) is 6. The van der Waals surface area contributed by atoms with Crippen molar-refractivity contribution in [3.63, 3.8) is 0 Å². The molecule has 2 atom stereocenters. The second-order valence-corrected chi connectivity index (χ2v) is 7.14. The van der Waals surface area contributed by atoms with E-state index in [1.54, 1.807) is 6.20 Å². The molecule has 5 rings (SSSR count). The van der Waals surface area contributed by atoms with Gasteiger partial charge in [-0.15, -0.1) is 0 Å². The first-order valence-electron chi connectivity index (χ1n) is 9.23. The number of imidazole rings is 1. The molecule has 8 nitrogen and oxygen atoms in total. The van der Waals surface area contributed by atoms with Crippen LogP contribution in [0.3, 0.4) is 0 Å². The number of piperazine rings is 1. The number of aromatic nitrogens is 4. The third-order valence-electron chi connectivity index (χ3n) is 5.65. The number of nitrogens with one attached hydrogen (secondary N) is 2. The molecule has 8 heteroatoms. The Kier molecular flexibility index (Phi) is 3.70. The molecule has 2 bridgehead atoms. The van der Waals surface area contributed by atoms with Crippen LogP contribution in [0.4, 0.5) is 11.5 Å². The molecule has 2 aliphatic rings. The first-order chi connectivity index (χ1) is 13.3. The van der Waals surface area contributed by atoms with E-state index in [-0.39, 0.29) is 0 Å². The molecule has 3 aromatic heterocycles. The van der Waals surface area contributed by atoms with Gasteiger partial charge in [-0.2, -0.15) is 0 Å². The number of carbonyl (C=O) groups is 1. The summed E-state index contributed by atoms with van der Waals surface area (Å²) < 4.78 is 0. The van der Waals surface area contributed by atoms with Gasteiger partial charge in [-0.3, -0.25) is 4.79 Å². The highest BCUT2D eigenvalue weighted by molar-refractivity contribution is 5.88. The number of pyridine rings is 2. The second-order valence-electron chi connectivity index (χ2n) is 7.14. The van der Waals surface area contributed by atoms with Gasteiger partial charge in [0.15, 0.2) is 5.65 Å². The standard InChI is InChI=1S/C19H21N7O/c1-20-16-8-12(4-6-21-16)18-23-17-15(5-7-22-19(17)24-18)25-9-13-2-3-14(10-25)26(13)11-27/h4-8,11,13-14H,2-3,9-10H2,1H3,(H,20,21)(H,22,23,24). The summed E-state index contributed by atoms with van der Waals surface area (Å²) in [5.74, 6) is 1.57. The number of amides is 1. The molecule has 2 fully saturated rings. The van der Waals surface area contributed by atoms with Crippen LogP contribution in [-0.4, -0.2) is 63.5 Å². The average molecular weight is 363 g/mol. The molecule has 2 aliphatic heterocycles. The predicted molar refractivity (Wildman–Crippen MR) is 104 cm³/mol. The van der Waals surface area contributed by atoms with Gasteiger partial charge in [0, 0.05) is 50.2 Å². The maximum Gasteiger partial charge on any atom is 0.210 e. The van der Waals surface area contributed by atoms with Gasteiger partial charge < -0.3 is 20.1 Å². The topological polar surface area (TPSA) is 90.0 Å². The highest BCUT2D eigenvalue weighted by atomic mass is 16.1. The van der Waals surface area contributed by atoms with Crippen LogP contribution < -0.4 is 10.2 Å². The molecule has 5 heterocycles. The Labute approximate surface area is 156 Å². The smallest absolute Gasteiger partial charge is 0.210 e. The van der Waals surface area contributed by atoms with Crippen LogP contribution in [0.25, 0.3) is 22.6 Å². The van der Waals surface area contributed by atoms with E-state index >= 15 is 0 Å². The predicted octanol–water partition coefficient (Wildman–Crippen LogP) is 1.87. The number of H-pyrrole nitrogens is 1. The van der Waals surface area contributed by atoms with Crippen LogP contribution in [0.15, 0.2) is 30.6 Å². The van der Waals surface area contributed by atoms with Gasteiger partial charge in [-0.1, -0.05) is 0 Å². The van der Waals surface area contributed by atoms with Crippen LogP contribution in [0.5, 0.6) is 0 Å². The van der Waals surface area contributed by atoms with Gasteiger partial charge in [-0.25, -0.2) is 15.0 Å². The molecule has 0 saturated carbocycles. The van der Waals surface area contributed by atoms with Crippen LogP contribution in [0.1, 0.15) is 12.8 Å². The SMILES string of the molecule is CNc1cc(-c2nc3c(N4CC5CCC(C4)N5C=O)ccnc3[nH]2)ccn1. The number of carbonyl (C=O) groups excluding carboxylic acids is 1. The van der Waals surface area contributed by atoms with Crippen molar-refractivity contribution in [3.05, 3.63) is 30.6 Å². The molecular formula is C19H21N7O. The van der Waals surface area contributed by atoms with Gasteiger partial charge >= 0.3 is 0 Å². The lowest BCUT2D eigenvalue weighted by molar-refractivity contribution is -0.121. The summed E-state index contributed by atoms with van der Waals surface area (Å²) in [6.07, 6.45) is 6.74. The van der Waals surface area contributed by atoms with E-state index in [1.165, 1.54) is 0 Å². The van der Waals surface area contributed by atoms with Gasteiger partial charge in [0.05, 0.1) is 5.69 Å². The lowest BCUT2D eigenvalue weighted by Gasteiger charge is -2.40. The molecule has 2 N–H and O–H groups in total.